The zero-order valence-electron chi connectivity index (χ0n) is 11.3. The van der Waals surface area contributed by atoms with Crippen molar-refractivity contribution in [1.29, 1.82) is 0 Å². The van der Waals surface area contributed by atoms with Gasteiger partial charge in [-0.05, 0) is 55.7 Å². The molecule has 2 aliphatic heterocycles. The van der Waals surface area contributed by atoms with Gasteiger partial charge in [-0.15, -0.1) is 0 Å². The topological polar surface area (TPSA) is 46.2 Å². The summed E-state index contributed by atoms with van der Waals surface area (Å²) in [7, 11) is -3.07. The average Bonchev–Trinajstić information content (AvgIpc) is 2.68. The quantitative estimate of drug-likeness (QED) is 0.922. The molecule has 2 bridgehead atoms. The van der Waals surface area contributed by atoms with Crippen molar-refractivity contribution in [3.63, 3.8) is 0 Å². The Morgan fingerprint density at radius 1 is 1.11 bits per heavy atom. The highest BCUT2D eigenvalue weighted by atomic mass is 32.2. The van der Waals surface area contributed by atoms with Crippen LogP contribution in [0.1, 0.15) is 31.2 Å². The first-order valence-electron chi connectivity index (χ1n) is 7.06. The van der Waals surface area contributed by atoms with Gasteiger partial charge in [-0.1, -0.05) is 12.1 Å². The molecule has 2 saturated heterocycles. The molecule has 0 radical (unpaired) electrons. The van der Waals surface area contributed by atoms with E-state index in [1.165, 1.54) is 37.5 Å². The van der Waals surface area contributed by atoms with E-state index < -0.39 is 9.84 Å². The lowest BCUT2D eigenvalue weighted by atomic mass is 9.87. The average molecular weight is 279 g/mol. The summed E-state index contributed by atoms with van der Waals surface area (Å²) in [5, 5.41) is 3.66. The Balaban J connectivity index is 1.67. The number of benzene rings is 1. The molecule has 1 unspecified atom stereocenters. The molecule has 1 N–H and O–H groups in total. The van der Waals surface area contributed by atoms with Gasteiger partial charge in [0.15, 0.2) is 9.84 Å². The number of hydrogen-bond acceptors (Lipinski definition) is 3. The lowest BCUT2D eigenvalue weighted by molar-refractivity contribution is 0.298. The largest absolute Gasteiger partial charge is 0.311 e. The van der Waals surface area contributed by atoms with Gasteiger partial charge < -0.3 is 5.32 Å². The van der Waals surface area contributed by atoms with E-state index in [0.29, 0.717) is 4.90 Å². The molecule has 1 aromatic rings. The maximum Gasteiger partial charge on any atom is 0.175 e. The van der Waals surface area contributed by atoms with Gasteiger partial charge in [0.2, 0.25) is 0 Å². The van der Waals surface area contributed by atoms with Crippen LogP contribution >= 0.6 is 0 Å². The van der Waals surface area contributed by atoms with Crippen molar-refractivity contribution in [1.82, 2.24) is 5.32 Å². The monoisotopic (exact) mass is 279 g/mol. The molecule has 0 saturated carbocycles. The molecule has 3 nitrogen and oxygen atoms in total. The van der Waals surface area contributed by atoms with E-state index in [1.807, 2.05) is 12.1 Å². The van der Waals surface area contributed by atoms with Gasteiger partial charge >= 0.3 is 0 Å². The third kappa shape index (κ3) is 3.00. The number of sulfone groups is 1. The minimum absolute atomic E-state index is 0.418. The van der Waals surface area contributed by atoms with Crippen molar-refractivity contribution >= 4 is 9.84 Å². The molecule has 104 valence electrons. The first-order chi connectivity index (χ1) is 9.00. The smallest absolute Gasteiger partial charge is 0.175 e. The molecule has 2 heterocycles. The minimum Gasteiger partial charge on any atom is -0.311 e. The maximum atomic E-state index is 11.4. The lowest BCUT2D eigenvalue weighted by Gasteiger charge is -2.29. The Morgan fingerprint density at radius 3 is 2.21 bits per heavy atom. The van der Waals surface area contributed by atoms with Gasteiger partial charge in [0.05, 0.1) is 4.90 Å². The van der Waals surface area contributed by atoms with E-state index in [0.717, 1.165) is 24.4 Å². The Kier molecular flexibility index (Phi) is 3.39. The molecule has 0 aliphatic carbocycles. The second-order valence-corrected chi connectivity index (χ2v) is 8.11. The molecule has 1 aromatic carbocycles. The molecule has 4 heteroatoms. The van der Waals surface area contributed by atoms with Gasteiger partial charge in [-0.2, -0.15) is 0 Å². The van der Waals surface area contributed by atoms with Crippen LogP contribution in [-0.4, -0.2) is 26.8 Å². The zero-order chi connectivity index (χ0) is 13.5. The normalized spacial score (nSPS) is 30.5. The van der Waals surface area contributed by atoms with Crippen LogP contribution < -0.4 is 5.32 Å². The lowest BCUT2D eigenvalue weighted by Crippen LogP contribution is -2.38. The predicted molar refractivity (Wildman–Crippen MR) is 75.9 cm³/mol. The zero-order valence-corrected chi connectivity index (χ0v) is 12.1. The van der Waals surface area contributed by atoms with E-state index in [-0.39, 0.29) is 0 Å². The summed E-state index contributed by atoms with van der Waals surface area (Å²) in [5.74, 6) is 0.753. The van der Waals surface area contributed by atoms with Crippen molar-refractivity contribution in [2.45, 2.75) is 49.1 Å². The molecule has 19 heavy (non-hydrogen) atoms. The fraction of sp³-hybridized carbons (Fsp3) is 0.600. The van der Waals surface area contributed by atoms with E-state index >= 15 is 0 Å². The Labute approximate surface area is 115 Å². The summed E-state index contributed by atoms with van der Waals surface area (Å²) in [6.45, 7) is 0. The number of fused-ring (bicyclic) bond motifs is 2. The highest BCUT2D eigenvalue weighted by Gasteiger charge is 2.33. The van der Waals surface area contributed by atoms with Crippen LogP contribution in [0.25, 0.3) is 0 Å². The molecular formula is C15H21NO2S. The van der Waals surface area contributed by atoms with Gasteiger partial charge in [-0.25, -0.2) is 8.42 Å². The van der Waals surface area contributed by atoms with E-state index in [1.54, 1.807) is 12.1 Å². The van der Waals surface area contributed by atoms with Crippen molar-refractivity contribution in [2.75, 3.05) is 6.26 Å². The van der Waals surface area contributed by atoms with Crippen molar-refractivity contribution in [3.8, 4) is 0 Å². The summed E-state index contributed by atoms with van der Waals surface area (Å²) in [5.41, 5.74) is 1.26. The Morgan fingerprint density at radius 2 is 1.68 bits per heavy atom. The Bertz CT molecular complexity index is 538. The summed E-state index contributed by atoms with van der Waals surface area (Å²) in [6, 6.07) is 8.86. The van der Waals surface area contributed by atoms with Crippen LogP contribution in [0.4, 0.5) is 0 Å². The van der Waals surface area contributed by atoms with Crippen molar-refractivity contribution < 1.29 is 8.42 Å². The highest BCUT2D eigenvalue weighted by molar-refractivity contribution is 7.90. The molecule has 2 aliphatic rings. The molecule has 3 atom stereocenters. The first kappa shape index (κ1) is 13.1. The molecule has 0 amide bonds. The van der Waals surface area contributed by atoms with Gasteiger partial charge in [-0.3, -0.25) is 0 Å². The van der Waals surface area contributed by atoms with Gasteiger partial charge in [0.1, 0.15) is 0 Å². The van der Waals surface area contributed by atoms with Crippen LogP contribution in [0.2, 0.25) is 0 Å². The molecule has 0 spiro atoms. The Hall–Kier alpha value is -0.870. The van der Waals surface area contributed by atoms with Crippen LogP contribution in [0, 0.1) is 5.92 Å². The van der Waals surface area contributed by atoms with Crippen LogP contribution in [0.3, 0.4) is 0 Å². The summed E-state index contributed by atoms with van der Waals surface area (Å²) < 4.78 is 22.8. The minimum atomic E-state index is -3.07. The van der Waals surface area contributed by atoms with Crippen LogP contribution in [0.15, 0.2) is 29.2 Å². The molecule has 0 aromatic heterocycles. The number of rotatable bonds is 3. The third-order valence-electron chi connectivity index (χ3n) is 4.45. The summed E-state index contributed by atoms with van der Waals surface area (Å²) >= 11 is 0. The fourth-order valence-electron chi connectivity index (χ4n) is 3.55. The second-order valence-electron chi connectivity index (χ2n) is 6.10. The number of nitrogens with one attached hydrogen (secondary N) is 1. The highest BCUT2D eigenvalue weighted by Crippen LogP contribution is 2.32. The summed E-state index contributed by atoms with van der Waals surface area (Å²) in [4.78, 5) is 0.418. The third-order valence-corrected chi connectivity index (χ3v) is 5.58. The summed E-state index contributed by atoms with van der Waals surface area (Å²) in [6.07, 6.45) is 7.53. The van der Waals surface area contributed by atoms with Gasteiger partial charge in [0, 0.05) is 18.3 Å². The first-order valence-corrected chi connectivity index (χ1v) is 8.95. The van der Waals surface area contributed by atoms with Crippen molar-refractivity contribution in [3.05, 3.63) is 29.8 Å². The van der Waals surface area contributed by atoms with E-state index in [2.05, 4.69) is 5.32 Å². The molecule has 3 rings (SSSR count). The van der Waals surface area contributed by atoms with E-state index in [4.69, 9.17) is 0 Å². The second kappa shape index (κ2) is 4.91. The SMILES string of the molecule is CS(=O)(=O)c1ccc(CC2C[C@H]3CC[C@@H](C2)N3)cc1. The van der Waals surface area contributed by atoms with Crippen LogP contribution in [-0.2, 0) is 16.3 Å². The fourth-order valence-corrected chi connectivity index (χ4v) is 4.18. The standard InChI is InChI=1S/C15H21NO2S/c1-19(17,18)15-6-2-11(3-7-15)8-12-9-13-4-5-14(10-12)16-13/h2-3,6-7,12-14,16H,4-5,8-10H2,1H3/t12?,13-,14+. The molecular weight excluding hydrogens is 258 g/mol. The van der Waals surface area contributed by atoms with Crippen LogP contribution in [0.5, 0.6) is 0 Å². The van der Waals surface area contributed by atoms with Crippen molar-refractivity contribution in [2.24, 2.45) is 5.92 Å². The van der Waals surface area contributed by atoms with Gasteiger partial charge in [0.25, 0.3) is 0 Å². The number of hydrogen-bond donors (Lipinski definition) is 1. The van der Waals surface area contributed by atoms with E-state index in [9.17, 15) is 8.42 Å². The number of piperidine rings is 1. The predicted octanol–water partition coefficient (Wildman–Crippen LogP) is 2.16. The molecule has 2 fully saturated rings. The maximum absolute atomic E-state index is 11.4.